The molecule has 5 nitrogen and oxygen atoms in total. The molecule has 0 saturated carbocycles. The fourth-order valence-corrected chi connectivity index (χ4v) is 2.12. The van der Waals surface area contributed by atoms with E-state index in [1.807, 2.05) is 39.0 Å². The lowest BCUT2D eigenvalue weighted by Crippen LogP contribution is -2.32. The Kier molecular flexibility index (Phi) is 5.21. The maximum Gasteiger partial charge on any atom is 0.321 e. The summed E-state index contributed by atoms with van der Waals surface area (Å²) >= 11 is 0. The molecule has 0 aliphatic carbocycles. The third-order valence-corrected chi connectivity index (χ3v) is 3.59. The number of aryl methyl sites for hydroxylation is 2. The summed E-state index contributed by atoms with van der Waals surface area (Å²) in [7, 11) is 0. The molecule has 0 radical (unpaired) electrons. The molecule has 23 heavy (non-hydrogen) atoms. The fraction of sp³-hybridized carbons (Fsp3) is 0.222. The summed E-state index contributed by atoms with van der Waals surface area (Å²) in [6.45, 7) is 6.06. The molecule has 0 heterocycles. The average Bonchev–Trinajstić information content (AvgIpc) is 2.55. The van der Waals surface area contributed by atoms with Gasteiger partial charge in [-0.3, -0.25) is 0 Å². The molecule has 5 heteroatoms. The van der Waals surface area contributed by atoms with E-state index in [-0.39, 0.29) is 12.8 Å². The lowest BCUT2D eigenvalue weighted by atomic mass is 10.1. The Labute approximate surface area is 135 Å². The maximum absolute atomic E-state index is 11.8. The quantitative estimate of drug-likeness (QED) is 0.847. The van der Waals surface area contributed by atoms with Crippen LogP contribution in [0.3, 0.4) is 0 Å². The summed E-state index contributed by atoms with van der Waals surface area (Å²) in [5, 5.41) is 14.1. The molecule has 118 valence electrons. The molecular formula is C18H19N3O2. The van der Waals surface area contributed by atoms with Crippen LogP contribution in [0, 0.1) is 32.1 Å². The van der Waals surface area contributed by atoms with E-state index in [0.717, 1.165) is 22.4 Å². The van der Waals surface area contributed by atoms with Crippen LogP contribution < -0.4 is 15.4 Å². The highest BCUT2D eigenvalue weighted by molar-refractivity contribution is 5.89. The molecule has 0 aliphatic rings. The molecule has 0 saturated heterocycles. The number of amides is 2. The van der Waals surface area contributed by atoms with Gasteiger partial charge in [-0.25, -0.2) is 4.79 Å². The van der Waals surface area contributed by atoms with Gasteiger partial charge < -0.3 is 15.4 Å². The summed E-state index contributed by atoms with van der Waals surface area (Å²) in [6, 6.07) is 12.3. The normalized spacial score (nSPS) is 9.83. The van der Waals surface area contributed by atoms with Crippen LogP contribution in [0.15, 0.2) is 36.4 Å². The van der Waals surface area contributed by atoms with E-state index >= 15 is 0 Å². The molecule has 2 rings (SSSR count). The minimum absolute atomic E-state index is 0.0766. The molecule has 0 fully saturated rings. The van der Waals surface area contributed by atoms with Crippen molar-refractivity contribution in [2.45, 2.75) is 20.8 Å². The van der Waals surface area contributed by atoms with Crippen LogP contribution in [0.4, 0.5) is 10.5 Å². The molecule has 0 unspecified atom stereocenters. The number of rotatable bonds is 4. The third-order valence-electron chi connectivity index (χ3n) is 3.59. The van der Waals surface area contributed by atoms with E-state index < -0.39 is 0 Å². The number of benzene rings is 2. The number of carbonyl (C=O) groups is 1. The number of carbonyl (C=O) groups excluding carboxylic acids is 1. The van der Waals surface area contributed by atoms with Crippen molar-refractivity contribution in [3.63, 3.8) is 0 Å². The summed E-state index contributed by atoms with van der Waals surface area (Å²) in [4.78, 5) is 11.8. The number of urea groups is 1. The summed E-state index contributed by atoms with van der Waals surface area (Å²) in [6.07, 6.45) is 0. The van der Waals surface area contributed by atoms with Crippen molar-refractivity contribution in [3.8, 4) is 11.8 Å². The zero-order valence-electron chi connectivity index (χ0n) is 13.4. The molecule has 0 aromatic heterocycles. The molecule has 2 amide bonds. The third kappa shape index (κ3) is 4.24. The first kappa shape index (κ1) is 16.4. The van der Waals surface area contributed by atoms with Crippen LogP contribution >= 0.6 is 0 Å². The van der Waals surface area contributed by atoms with Crippen molar-refractivity contribution in [2.75, 3.05) is 12.0 Å². The van der Waals surface area contributed by atoms with Crippen molar-refractivity contribution in [1.82, 2.24) is 5.32 Å². The lowest BCUT2D eigenvalue weighted by molar-refractivity contribution is 0.234. The first-order chi connectivity index (χ1) is 11.0. The van der Waals surface area contributed by atoms with E-state index in [9.17, 15) is 4.79 Å². The molecule has 2 N–H and O–H groups in total. The predicted octanol–water partition coefficient (Wildman–Crippen LogP) is 3.64. The van der Waals surface area contributed by atoms with Crippen LogP contribution in [0.25, 0.3) is 0 Å². The van der Waals surface area contributed by atoms with Crippen LogP contribution in [-0.2, 0) is 0 Å². The molecule has 0 atom stereocenters. The second kappa shape index (κ2) is 7.32. The van der Waals surface area contributed by atoms with E-state index in [2.05, 4.69) is 10.6 Å². The fourth-order valence-electron chi connectivity index (χ4n) is 2.12. The molecule has 0 spiro atoms. The highest BCUT2D eigenvalue weighted by atomic mass is 16.5. The number of nitriles is 1. The molecule has 0 aliphatic heterocycles. The Hall–Kier alpha value is -3.00. The highest BCUT2D eigenvalue weighted by Crippen LogP contribution is 2.25. The van der Waals surface area contributed by atoms with Crippen molar-refractivity contribution in [3.05, 3.63) is 58.7 Å². The number of hydrogen-bond donors (Lipinski definition) is 2. The van der Waals surface area contributed by atoms with Crippen molar-refractivity contribution >= 4 is 11.7 Å². The van der Waals surface area contributed by atoms with Crippen LogP contribution in [-0.4, -0.2) is 12.8 Å². The molecule has 2 aromatic carbocycles. The second-order valence-corrected chi connectivity index (χ2v) is 5.26. The molecule has 0 bridgehead atoms. The first-order valence-electron chi connectivity index (χ1n) is 7.26. The maximum atomic E-state index is 11.8. The van der Waals surface area contributed by atoms with Crippen LogP contribution in [0.5, 0.6) is 5.75 Å². The zero-order valence-corrected chi connectivity index (χ0v) is 13.4. The van der Waals surface area contributed by atoms with E-state index in [1.165, 1.54) is 0 Å². The van der Waals surface area contributed by atoms with Gasteiger partial charge in [0.15, 0.2) is 6.73 Å². The number of hydrogen-bond acceptors (Lipinski definition) is 3. The van der Waals surface area contributed by atoms with Gasteiger partial charge in [-0.15, -0.1) is 0 Å². The largest absolute Gasteiger partial charge is 0.473 e. The van der Waals surface area contributed by atoms with Gasteiger partial charge in [-0.2, -0.15) is 5.26 Å². The standard InChI is InChI=1S/C18H19N3O2/c1-12-4-5-13(2)17(14(12)3)23-11-20-18(22)21-16-8-6-15(10-19)7-9-16/h4-9H,11H2,1-3H3,(H2,20,21,22). The monoisotopic (exact) mass is 309 g/mol. The number of ether oxygens (including phenoxy) is 1. The van der Waals surface area contributed by atoms with Crippen LogP contribution in [0.2, 0.25) is 0 Å². The van der Waals surface area contributed by atoms with Crippen molar-refractivity contribution < 1.29 is 9.53 Å². The second-order valence-electron chi connectivity index (χ2n) is 5.26. The van der Waals surface area contributed by atoms with Crippen LogP contribution in [0.1, 0.15) is 22.3 Å². The van der Waals surface area contributed by atoms with E-state index in [0.29, 0.717) is 11.3 Å². The van der Waals surface area contributed by atoms with Gasteiger partial charge >= 0.3 is 6.03 Å². The van der Waals surface area contributed by atoms with Gasteiger partial charge in [0.05, 0.1) is 11.6 Å². The van der Waals surface area contributed by atoms with Gasteiger partial charge in [0.2, 0.25) is 0 Å². The Morgan fingerprint density at radius 1 is 1.09 bits per heavy atom. The Morgan fingerprint density at radius 2 is 1.74 bits per heavy atom. The zero-order chi connectivity index (χ0) is 16.8. The molecule has 2 aromatic rings. The minimum atomic E-state index is -0.363. The lowest BCUT2D eigenvalue weighted by Gasteiger charge is -2.14. The van der Waals surface area contributed by atoms with Crippen molar-refractivity contribution in [2.24, 2.45) is 0 Å². The number of nitrogens with zero attached hydrogens (tertiary/aromatic N) is 1. The Morgan fingerprint density at radius 3 is 2.39 bits per heavy atom. The SMILES string of the molecule is Cc1ccc(C)c(OCNC(=O)Nc2ccc(C#N)cc2)c1C. The average molecular weight is 309 g/mol. The van der Waals surface area contributed by atoms with E-state index in [4.69, 9.17) is 10.00 Å². The Bertz CT molecular complexity index is 746. The molecular weight excluding hydrogens is 290 g/mol. The topological polar surface area (TPSA) is 74.2 Å². The Balaban J connectivity index is 1.88. The van der Waals surface area contributed by atoms with Gasteiger partial charge in [-0.05, 0) is 61.7 Å². The summed E-state index contributed by atoms with van der Waals surface area (Å²) < 4.78 is 5.68. The summed E-state index contributed by atoms with van der Waals surface area (Å²) in [5.41, 5.74) is 4.41. The smallest absolute Gasteiger partial charge is 0.321 e. The van der Waals surface area contributed by atoms with Gasteiger partial charge in [0, 0.05) is 5.69 Å². The van der Waals surface area contributed by atoms with E-state index in [1.54, 1.807) is 24.3 Å². The number of nitrogens with one attached hydrogen (secondary N) is 2. The first-order valence-corrected chi connectivity index (χ1v) is 7.26. The van der Waals surface area contributed by atoms with Gasteiger partial charge in [0.25, 0.3) is 0 Å². The highest BCUT2D eigenvalue weighted by Gasteiger charge is 2.07. The minimum Gasteiger partial charge on any atom is -0.473 e. The van der Waals surface area contributed by atoms with Crippen molar-refractivity contribution in [1.29, 1.82) is 5.26 Å². The number of anilines is 1. The van der Waals surface area contributed by atoms with Gasteiger partial charge in [0.1, 0.15) is 5.75 Å². The summed E-state index contributed by atoms with van der Waals surface area (Å²) in [5.74, 6) is 0.795. The predicted molar refractivity (Wildman–Crippen MR) is 89.5 cm³/mol. The van der Waals surface area contributed by atoms with Gasteiger partial charge in [-0.1, -0.05) is 12.1 Å².